The van der Waals surface area contributed by atoms with E-state index >= 15 is 0 Å². The third-order valence-electron chi connectivity index (χ3n) is 3.58. The molecule has 5 heteroatoms. The lowest BCUT2D eigenvalue weighted by Crippen LogP contribution is -2.30. The van der Waals surface area contributed by atoms with Gasteiger partial charge in [0.15, 0.2) is 6.61 Å². The second-order valence-electron chi connectivity index (χ2n) is 5.69. The SMILES string of the molecule is Cc1ccc(/C=C/C(=O)OCC(=O)NC(C)c2ccc(Br)cc2)cc1. The van der Waals surface area contributed by atoms with Gasteiger partial charge in [-0.15, -0.1) is 0 Å². The Morgan fingerprint density at radius 2 is 1.76 bits per heavy atom. The van der Waals surface area contributed by atoms with E-state index in [0.29, 0.717) is 0 Å². The molecule has 1 amide bonds. The molecule has 1 atom stereocenters. The van der Waals surface area contributed by atoms with Crippen molar-refractivity contribution in [3.63, 3.8) is 0 Å². The third-order valence-corrected chi connectivity index (χ3v) is 4.11. The quantitative estimate of drug-likeness (QED) is 0.582. The van der Waals surface area contributed by atoms with Gasteiger partial charge in [-0.1, -0.05) is 57.9 Å². The van der Waals surface area contributed by atoms with Crippen LogP contribution in [-0.2, 0) is 14.3 Å². The molecule has 0 spiro atoms. The van der Waals surface area contributed by atoms with E-state index in [1.54, 1.807) is 6.08 Å². The van der Waals surface area contributed by atoms with Crippen molar-refractivity contribution in [2.75, 3.05) is 6.61 Å². The van der Waals surface area contributed by atoms with Crippen molar-refractivity contribution in [3.05, 3.63) is 75.8 Å². The van der Waals surface area contributed by atoms with Crippen LogP contribution in [0.2, 0.25) is 0 Å². The molecule has 2 rings (SSSR count). The number of aryl methyl sites for hydroxylation is 1. The fourth-order valence-corrected chi connectivity index (χ4v) is 2.41. The van der Waals surface area contributed by atoms with E-state index in [1.807, 2.05) is 62.4 Å². The zero-order valence-electron chi connectivity index (χ0n) is 14.2. The standard InChI is InChI=1S/C20H20BrNO3/c1-14-3-5-16(6-4-14)7-12-20(24)25-13-19(23)22-15(2)17-8-10-18(21)11-9-17/h3-12,15H,13H2,1-2H3,(H,22,23)/b12-7+. The molecule has 0 heterocycles. The van der Waals surface area contributed by atoms with E-state index in [9.17, 15) is 9.59 Å². The van der Waals surface area contributed by atoms with Gasteiger partial charge in [0.05, 0.1) is 6.04 Å². The number of rotatable bonds is 6. The Kier molecular flexibility index (Phi) is 6.95. The zero-order chi connectivity index (χ0) is 18.2. The summed E-state index contributed by atoms with van der Waals surface area (Å²) in [7, 11) is 0. The Hall–Kier alpha value is -2.40. The van der Waals surface area contributed by atoms with Crippen molar-refractivity contribution >= 4 is 33.9 Å². The molecule has 2 aromatic carbocycles. The first-order valence-corrected chi connectivity index (χ1v) is 8.69. The monoisotopic (exact) mass is 401 g/mol. The highest BCUT2D eigenvalue weighted by Crippen LogP contribution is 2.16. The number of carbonyl (C=O) groups is 2. The molecular formula is C20H20BrNO3. The number of ether oxygens (including phenoxy) is 1. The predicted molar refractivity (Wildman–Crippen MR) is 102 cm³/mol. The highest BCUT2D eigenvalue weighted by atomic mass is 79.9. The van der Waals surface area contributed by atoms with Crippen LogP contribution in [0.4, 0.5) is 0 Å². The van der Waals surface area contributed by atoms with Gasteiger partial charge in [-0.25, -0.2) is 4.79 Å². The van der Waals surface area contributed by atoms with Gasteiger partial charge in [0.2, 0.25) is 0 Å². The second-order valence-corrected chi connectivity index (χ2v) is 6.61. The number of hydrogen-bond acceptors (Lipinski definition) is 3. The Labute approximate surface area is 156 Å². The first-order chi connectivity index (χ1) is 11.9. The normalized spacial score (nSPS) is 12.0. The molecule has 130 valence electrons. The van der Waals surface area contributed by atoms with E-state index in [4.69, 9.17) is 4.74 Å². The van der Waals surface area contributed by atoms with Crippen LogP contribution in [0.25, 0.3) is 6.08 Å². The largest absolute Gasteiger partial charge is 0.452 e. The van der Waals surface area contributed by atoms with Gasteiger partial charge in [0, 0.05) is 10.5 Å². The molecule has 1 N–H and O–H groups in total. The highest BCUT2D eigenvalue weighted by molar-refractivity contribution is 9.10. The number of amides is 1. The minimum atomic E-state index is -0.549. The van der Waals surface area contributed by atoms with Gasteiger partial charge in [-0.3, -0.25) is 4.79 Å². The fourth-order valence-electron chi connectivity index (χ4n) is 2.14. The van der Waals surface area contributed by atoms with E-state index in [0.717, 1.165) is 21.2 Å². The van der Waals surface area contributed by atoms with Crippen LogP contribution < -0.4 is 5.32 Å². The summed E-state index contributed by atoms with van der Waals surface area (Å²) < 4.78 is 5.94. The van der Waals surface area contributed by atoms with Crippen molar-refractivity contribution in [2.24, 2.45) is 0 Å². The van der Waals surface area contributed by atoms with Gasteiger partial charge >= 0.3 is 5.97 Å². The lowest BCUT2D eigenvalue weighted by molar-refractivity contribution is -0.144. The van der Waals surface area contributed by atoms with Crippen molar-refractivity contribution < 1.29 is 14.3 Å². The number of hydrogen-bond donors (Lipinski definition) is 1. The molecule has 0 aliphatic heterocycles. The van der Waals surface area contributed by atoms with Crippen LogP contribution in [0.5, 0.6) is 0 Å². The number of carbonyl (C=O) groups excluding carboxylic acids is 2. The molecule has 1 unspecified atom stereocenters. The number of halogens is 1. The topological polar surface area (TPSA) is 55.4 Å². The van der Waals surface area contributed by atoms with Crippen LogP contribution in [0.1, 0.15) is 29.7 Å². The lowest BCUT2D eigenvalue weighted by Gasteiger charge is -2.14. The van der Waals surface area contributed by atoms with Gasteiger partial charge in [0.1, 0.15) is 0 Å². The summed E-state index contributed by atoms with van der Waals surface area (Å²) in [5.41, 5.74) is 3.02. The van der Waals surface area contributed by atoms with Gasteiger partial charge in [0.25, 0.3) is 5.91 Å². The second kappa shape index (κ2) is 9.18. The van der Waals surface area contributed by atoms with E-state index in [2.05, 4.69) is 21.2 Å². The number of nitrogens with one attached hydrogen (secondary N) is 1. The van der Waals surface area contributed by atoms with Crippen molar-refractivity contribution in [1.82, 2.24) is 5.32 Å². The molecule has 0 saturated heterocycles. The number of benzene rings is 2. The predicted octanol–water partition coefficient (Wildman–Crippen LogP) is 4.19. The van der Waals surface area contributed by atoms with E-state index < -0.39 is 5.97 Å². The van der Waals surface area contributed by atoms with Crippen molar-refractivity contribution in [1.29, 1.82) is 0 Å². The maximum Gasteiger partial charge on any atom is 0.331 e. The zero-order valence-corrected chi connectivity index (χ0v) is 15.7. The van der Waals surface area contributed by atoms with Gasteiger partial charge < -0.3 is 10.1 Å². The lowest BCUT2D eigenvalue weighted by atomic mass is 10.1. The molecule has 0 aliphatic rings. The number of esters is 1. The summed E-state index contributed by atoms with van der Waals surface area (Å²) in [6.45, 7) is 3.56. The van der Waals surface area contributed by atoms with Gasteiger partial charge in [-0.05, 0) is 43.2 Å². The van der Waals surface area contributed by atoms with E-state index in [1.165, 1.54) is 6.08 Å². The molecule has 0 aromatic heterocycles. The Bertz CT molecular complexity index is 752. The molecule has 4 nitrogen and oxygen atoms in total. The summed E-state index contributed by atoms with van der Waals surface area (Å²) in [5, 5.41) is 2.80. The van der Waals surface area contributed by atoms with E-state index in [-0.39, 0.29) is 18.6 Å². The summed E-state index contributed by atoms with van der Waals surface area (Å²) in [6, 6.07) is 15.2. The summed E-state index contributed by atoms with van der Waals surface area (Å²) in [4.78, 5) is 23.6. The first kappa shape index (κ1) is 18.9. The molecule has 0 fully saturated rings. The minimum absolute atomic E-state index is 0.164. The Morgan fingerprint density at radius 3 is 2.40 bits per heavy atom. The smallest absolute Gasteiger partial charge is 0.331 e. The molecule has 0 radical (unpaired) electrons. The average Bonchev–Trinajstić information content (AvgIpc) is 2.60. The highest BCUT2D eigenvalue weighted by Gasteiger charge is 2.11. The van der Waals surface area contributed by atoms with Crippen LogP contribution in [-0.4, -0.2) is 18.5 Å². The molecule has 0 aliphatic carbocycles. The van der Waals surface area contributed by atoms with Crippen molar-refractivity contribution in [3.8, 4) is 0 Å². The van der Waals surface area contributed by atoms with Crippen LogP contribution in [0.3, 0.4) is 0 Å². The minimum Gasteiger partial charge on any atom is -0.452 e. The first-order valence-electron chi connectivity index (χ1n) is 7.90. The van der Waals surface area contributed by atoms with Gasteiger partial charge in [-0.2, -0.15) is 0 Å². The fraction of sp³-hybridized carbons (Fsp3) is 0.200. The molecule has 0 saturated carbocycles. The maximum absolute atomic E-state index is 11.9. The Balaban J connectivity index is 1.77. The maximum atomic E-state index is 11.9. The average molecular weight is 402 g/mol. The molecular weight excluding hydrogens is 382 g/mol. The Morgan fingerprint density at radius 1 is 1.12 bits per heavy atom. The van der Waals surface area contributed by atoms with Crippen LogP contribution in [0.15, 0.2) is 59.1 Å². The molecule has 2 aromatic rings. The summed E-state index contributed by atoms with van der Waals surface area (Å²) >= 11 is 3.37. The summed E-state index contributed by atoms with van der Waals surface area (Å²) in [5.74, 6) is -0.889. The summed E-state index contributed by atoms with van der Waals surface area (Å²) in [6.07, 6.45) is 2.97. The van der Waals surface area contributed by atoms with Crippen molar-refractivity contribution in [2.45, 2.75) is 19.9 Å². The van der Waals surface area contributed by atoms with Crippen LogP contribution in [0, 0.1) is 6.92 Å². The molecule has 0 bridgehead atoms. The van der Waals surface area contributed by atoms with Crippen LogP contribution >= 0.6 is 15.9 Å². The molecule has 25 heavy (non-hydrogen) atoms. The third kappa shape index (κ3) is 6.55.